The van der Waals surface area contributed by atoms with Gasteiger partial charge >= 0.3 is 0 Å². The minimum absolute atomic E-state index is 0.138. The monoisotopic (exact) mass is 402 g/mol. The molecular formula is C20H26N4O3S. The molecule has 0 radical (unpaired) electrons. The summed E-state index contributed by atoms with van der Waals surface area (Å²) in [6.45, 7) is 4.06. The van der Waals surface area contributed by atoms with Crippen LogP contribution in [0.4, 0.5) is 17.1 Å². The Hall–Kier alpha value is -2.45. The Morgan fingerprint density at radius 1 is 1.14 bits per heavy atom. The third-order valence-electron chi connectivity index (χ3n) is 5.59. The minimum Gasteiger partial charge on any atom is -0.495 e. The first-order valence-electron chi connectivity index (χ1n) is 9.52. The molecule has 2 aromatic carbocycles. The quantitative estimate of drug-likeness (QED) is 0.747. The van der Waals surface area contributed by atoms with E-state index in [-0.39, 0.29) is 4.90 Å². The van der Waals surface area contributed by atoms with E-state index in [0.717, 1.165) is 25.3 Å². The number of anilines is 3. The zero-order chi connectivity index (χ0) is 19.7. The summed E-state index contributed by atoms with van der Waals surface area (Å²) in [6.07, 6.45) is 2.46. The highest BCUT2D eigenvalue weighted by atomic mass is 32.2. The van der Waals surface area contributed by atoms with Crippen LogP contribution in [0.5, 0.6) is 5.75 Å². The van der Waals surface area contributed by atoms with Crippen molar-refractivity contribution in [2.24, 2.45) is 0 Å². The average molecular weight is 403 g/mol. The lowest BCUT2D eigenvalue weighted by molar-refractivity contribution is 0.231. The van der Waals surface area contributed by atoms with Crippen molar-refractivity contribution in [1.29, 1.82) is 0 Å². The molecule has 2 saturated heterocycles. The molecule has 150 valence electrons. The molecule has 2 heterocycles. The maximum absolute atomic E-state index is 12.8. The van der Waals surface area contributed by atoms with Crippen LogP contribution in [0.1, 0.15) is 12.8 Å². The molecule has 0 bridgehead atoms. The second-order valence-electron chi connectivity index (χ2n) is 7.30. The highest BCUT2D eigenvalue weighted by Crippen LogP contribution is 2.32. The van der Waals surface area contributed by atoms with E-state index in [1.807, 2.05) is 6.07 Å². The fourth-order valence-corrected chi connectivity index (χ4v) is 5.24. The van der Waals surface area contributed by atoms with E-state index in [1.54, 1.807) is 30.3 Å². The van der Waals surface area contributed by atoms with Gasteiger partial charge in [-0.05, 0) is 49.7 Å². The molecule has 3 N–H and O–H groups in total. The number of fused-ring (bicyclic) bond motifs is 1. The van der Waals surface area contributed by atoms with E-state index in [9.17, 15) is 8.42 Å². The normalized spacial score (nSPS) is 20.0. The van der Waals surface area contributed by atoms with Gasteiger partial charge in [0.15, 0.2) is 0 Å². The van der Waals surface area contributed by atoms with Crippen LogP contribution in [0.2, 0.25) is 0 Å². The lowest BCUT2D eigenvalue weighted by Crippen LogP contribution is -2.50. The lowest BCUT2D eigenvalue weighted by atomic mass is 10.1. The number of ether oxygens (including phenoxy) is 1. The average Bonchev–Trinajstić information content (AvgIpc) is 3.16. The number of sulfonamides is 1. The zero-order valence-electron chi connectivity index (χ0n) is 16.0. The fraction of sp³-hybridized carbons (Fsp3) is 0.400. The second-order valence-corrected chi connectivity index (χ2v) is 8.99. The summed E-state index contributed by atoms with van der Waals surface area (Å²) in [5.41, 5.74) is 8.04. The van der Waals surface area contributed by atoms with Crippen LogP contribution in [0.3, 0.4) is 0 Å². The summed E-state index contributed by atoms with van der Waals surface area (Å²) in [6, 6.07) is 12.4. The molecule has 28 heavy (non-hydrogen) atoms. The number of hydrogen-bond donors (Lipinski definition) is 2. The summed E-state index contributed by atoms with van der Waals surface area (Å²) in [4.78, 5) is 4.94. The zero-order valence-corrected chi connectivity index (χ0v) is 16.8. The smallest absolute Gasteiger partial charge is 0.262 e. The van der Waals surface area contributed by atoms with E-state index >= 15 is 0 Å². The number of nitrogens with one attached hydrogen (secondary N) is 1. The van der Waals surface area contributed by atoms with Crippen molar-refractivity contribution in [1.82, 2.24) is 4.90 Å². The van der Waals surface area contributed by atoms with Gasteiger partial charge in [0.05, 0.1) is 29.1 Å². The van der Waals surface area contributed by atoms with E-state index in [1.165, 1.54) is 32.6 Å². The Labute approximate surface area is 166 Å². The van der Waals surface area contributed by atoms with Crippen molar-refractivity contribution in [2.45, 2.75) is 23.8 Å². The largest absolute Gasteiger partial charge is 0.495 e. The van der Waals surface area contributed by atoms with Crippen LogP contribution < -0.4 is 20.1 Å². The predicted molar refractivity (Wildman–Crippen MR) is 111 cm³/mol. The Balaban J connectivity index is 1.55. The number of nitrogen functional groups attached to an aromatic ring is 1. The molecule has 0 saturated carbocycles. The Kier molecular flexibility index (Phi) is 5.07. The third-order valence-corrected chi connectivity index (χ3v) is 6.95. The molecule has 0 aromatic heterocycles. The number of methoxy groups -OCH3 is 1. The SMILES string of the molecule is COc1ccccc1NS(=O)(=O)c1ccc(N2CCN3CCCC3C2)c(N)c1. The topological polar surface area (TPSA) is 87.9 Å². The molecular weight excluding hydrogens is 376 g/mol. The maximum Gasteiger partial charge on any atom is 0.262 e. The number of para-hydroxylation sites is 2. The van der Waals surface area contributed by atoms with Gasteiger partial charge in [-0.25, -0.2) is 8.42 Å². The van der Waals surface area contributed by atoms with Crippen molar-refractivity contribution in [3.63, 3.8) is 0 Å². The Morgan fingerprint density at radius 2 is 1.96 bits per heavy atom. The van der Waals surface area contributed by atoms with Crippen molar-refractivity contribution >= 4 is 27.1 Å². The number of rotatable bonds is 5. The molecule has 0 spiro atoms. The molecule has 0 aliphatic carbocycles. The third kappa shape index (κ3) is 3.62. The first-order chi connectivity index (χ1) is 13.5. The second kappa shape index (κ2) is 7.52. The molecule has 7 nitrogen and oxygen atoms in total. The van der Waals surface area contributed by atoms with Crippen molar-refractivity contribution in [3.05, 3.63) is 42.5 Å². The van der Waals surface area contributed by atoms with Gasteiger partial charge in [0.25, 0.3) is 10.0 Å². The summed E-state index contributed by atoms with van der Waals surface area (Å²) in [5.74, 6) is 0.463. The van der Waals surface area contributed by atoms with Crippen LogP contribution in [0.15, 0.2) is 47.4 Å². The van der Waals surface area contributed by atoms with Crippen molar-refractivity contribution in [2.75, 3.05) is 48.6 Å². The number of piperazine rings is 1. The van der Waals surface area contributed by atoms with Crippen LogP contribution in [0, 0.1) is 0 Å². The molecule has 8 heteroatoms. The molecule has 1 atom stereocenters. The van der Waals surface area contributed by atoms with Gasteiger partial charge in [-0.1, -0.05) is 12.1 Å². The molecule has 2 aliphatic rings. The van der Waals surface area contributed by atoms with E-state index in [2.05, 4.69) is 14.5 Å². The Morgan fingerprint density at radius 3 is 2.75 bits per heavy atom. The van der Waals surface area contributed by atoms with Gasteiger partial charge in [0.2, 0.25) is 0 Å². The van der Waals surface area contributed by atoms with Crippen LogP contribution in [-0.2, 0) is 10.0 Å². The predicted octanol–water partition coefficient (Wildman–Crippen LogP) is 2.36. The number of nitrogens with two attached hydrogens (primary N) is 1. The lowest BCUT2D eigenvalue weighted by Gasteiger charge is -2.39. The summed E-state index contributed by atoms with van der Waals surface area (Å²) >= 11 is 0. The minimum atomic E-state index is -3.77. The van der Waals surface area contributed by atoms with Crippen molar-refractivity contribution in [3.8, 4) is 5.75 Å². The summed E-state index contributed by atoms with van der Waals surface area (Å²) in [5, 5.41) is 0. The van der Waals surface area contributed by atoms with Crippen LogP contribution in [-0.4, -0.2) is 52.6 Å². The number of nitrogens with zero attached hydrogens (tertiary/aromatic N) is 2. The first-order valence-corrected chi connectivity index (χ1v) is 11.0. The highest BCUT2D eigenvalue weighted by Gasteiger charge is 2.31. The van der Waals surface area contributed by atoms with Gasteiger partial charge in [-0.2, -0.15) is 0 Å². The highest BCUT2D eigenvalue weighted by molar-refractivity contribution is 7.92. The van der Waals surface area contributed by atoms with Crippen LogP contribution >= 0.6 is 0 Å². The van der Waals surface area contributed by atoms with E-state index < -0.39 is 10.0 Å². The Bertz CT molecular complexity index is 964. The molecule has 2 fully saturated rings. The molecule has 0 amide bonds. The summed E-state index contributed by atoms with van der Waals surface area (Å²) < 4.78 is 33.4. The van der Waals surface area contributed by atoms with Crippen molar-refractivity contribution < 1.29 is 13.2 Å². The van der Waals surface area contributed by atoms with Gasteiger partial charge < -0.3 is 15.4 Å². The standard InChI is InChI=1S/C20H26N4O3S/c1-27-20-7-3-2-6-18(20)22-28(25,26)16-8-9-19(17(21)13-16)24-12-11-23-10-4-5-15(23)14-24/h2-3,6-9,13,15,22H,4-5,10-12,14,21H2,1H3. The fourth-order valence-electron chi connectivity index (χ4n) is 4.13. The van der Waals surface area contributed by atoms with Gasteiger partial charge in [0.1, 0.15) is 5.75 Å². The number of benzene rings is 2. The number of hydrogen-bond acceptors (Lipinski definition) is 6. The molecule has 4 rings (SSSR count). The van der Waals surface area contributed by atoms with Gasteiger partial charge in [0, 0.05) is 25.7 Å². The summed E-state index contributed by atoms with van der Waals surface area (Å²) in [7, 11) is -2.26. The van der Waals surface area contributed by atoms with Gasteiger partial charge in [-0.15, -0.1) is 0 Å². The molecule has 1 unspecified atom stereocenters. The molecule has 2 aliphatic heterocycles. The van der Waals surface area contributed by atoms with Crippen LogP contribution in [0.25, 0.3) is 0 Å². The van der Waals surface area contributed by atoms with Gasteiger partial charge in [-0.3, -0.25) is 9.62 Å². The van der Waals surface area contributed by atoms with E-state index in [0.29, 0.717) is 23.2 Å². The first kappa shape index (κ1) is 18.9. The molecule has 2 aromatic rings. The maximum atomic E-state index is 12.8. The van der Waals surface area contributed by atoms with E-state index in [4.69, 9.17) is 10.5 Å².